The zero-order valence-corrected chi connectivity index (χ0v) is 22.8. The molecule has 0 aliphatic carbocycles. The lowest BCUT2D eigenvalue weighted by molar-refractivity contribution is -0.163. The number of hydrogen-bond acceptors (Lipinski definition) is 8. The first-order chi connectivity index (χ1) is 16.4. The van der Waals surface area contributed by atoms with Gasteiger partial charge in [-0.1, -0.05) is 0 Å². The van der Waals surface area contributed by atoms with Crippen LogP contribution in [0.2, 0.25) is 0 Å². The quantitative estimate of drug-likeness (QED) is 0.454. The molecule has 0 fully saturated rings. The Morgan fingerprint density at radius 1 is 0.861 bits per heavy atom. The average molecular weight is 515 g/mol. The minimum Gasteiger partial charge on any atom is -0.496 e. The van der Waals surface area contributed by atoms with Crippen molar-refractivity contribution in [2.75, 3.05) is 21.3 Å². The van der Waals surface area contributed by atoms with Gasteiger partial charge in [0.1, 0.15) is 34.0 Å². The van der Waals surface area contributed by atoms with Crippen molar-refractivity contribution in [3.05, 3.63) is 17.7 Å². The molecule has 10 nitrogen and oxygen atoms in total. The maximum atomic E-state index is 15.2. The molecule has 0 saturated carbocycles. The van der Waals surface area contributed by atoms with Gasteiger partial charge in [-0.3, -0.25) is 4.79 Å². The molecule has 0 aliphatic rings. The first-order valence-corrected chi connectivity index (χ1v) is 11.4. The number of benzene rings is 1. The number of carbonyl (C=O) groups is 3. The van der Waals surface area contributed by atoms with E-state index < -0.39 is 47.3 Å². The molecule has 0 bridgehead atoms. The number of alkyl halides is 1. The molecular weight excluding hydrogens is 475 g/mol. The lowest BCUT2D eigenvalue weighted by Crippen LogP contribution is -2.57. The monoisotopic (exact) mass is 514 g/mol. The van der Waals surface area contributed by atoms with E-state index in [-0.39, 0.29) is 6.54 Å². The molecule has 1 rings (SSSR count). The van der Waals surface area contributed by atoms with Gasteiger partial charge in [-0.15, -0.1) is 0 Å². The number of methoxy groups -OCH3 is 3. The van der Waals surface area contributed by atoms with E-state index >= 15 is 4.39 Å². The van der Waals surface area contributed by atoms with E-state index in [1.807, 2.05) is 0 Å². The Labute approximate surface area is 212 Å². The Kier molecular flexibility index (Phi) is 10.4. The number of esters is 1. The number of halogens is 1. The van der Waals surface area contributed by atoms with Gasteiger partial charge in [-0.05, 0) is 48.5 Å². The number of nitrogens with one attached hydrogen (secondary N) is 2. The van der Waals surface area contributed by atoms with Crippen LogP contribution < -0.4 is 24.8 Å². The molecule has 0 saturated heterocycles. The fourth-order valence-corrected chi connectivity index (χ4v) is 3.09. The van der Waals surface area contributed by atoms with Gasteiger partial charge in [-0.25, -0.2) is 14.0 Å². The Balaban J connectivity index is 3.08. The Hall–Kier alpha value is -3.24. The molecule has 2 atom stereocenters. The highest BCUT2D eigenvalue weighted by molar-refractivity contribution is 5.88. The van der Waals surface area contributed by atoms with Crippen LogP contribution in [0.5, 0.6) is 17.2 Å². The minimum atomic E-state index is -2.17. The lowest BCUT2D eigenvalue weighted by Gasteiger charge is -2.33. The van der Waals surface area contributed by atoms with Crippen LogP contribution in [0.25, 0.3) is 0 Å². The van der Waals surface area contributed by atoms with Crippen molar-refractivity contribution in [1.29, 1.82) is 0 Å². The molecule has 11 heteroatoms. The lowest BCUT2D eigenvalue weighted by atomic mass is 9.94. The Morgan fingerprint density at radius 3 is 1.78 bits per heavy atom. The number of carbonyl (C=O) groups excluding carboxylic acids is 3. The maximum Gasteiger partial charge on any atom is 0.408 e. The van der Waals surface area contributed by atoms with E-state index in [4.69, 9.17) is 23.7 Å². The van der Waals surface area contributed by atoms with Crippen molar-refractivity contribution in [2.24, 2.45) is 0 Å². The fourth-order valence-electron chi connectivity index (χ4n) is 3.09. The highest BCUT2D eigenvalue weighted by Crippen LogP contribution is 2.34. The van der Waals surface area contributed by atoms with Gasteiger partial charge in [0.25, 0.3) is 5.91 Å². The van der Waals surface area contributed by atoms with Crippen molar-refractivity contribution in [2.45, 2.75) is 84.3 Å². The first kappa shape index (κ1) is 30.8. The van der Waals surface area contributed by atoms with Crippen LogP contribution in [-0.4, -0.2) is 62.2 Å². The van der Waals surface area contributed by atoms with E-state index in [1.165, 1.54) is 28.3 Å². The molecule has 0 spiro atoms. The summed E-state index contributed by atoms with van der Waals surface area (Å²) in [6, 6.07) is 3.20. The average Bonchev–Trinajstić information content (AvgIpc) is 2.73. The molecule has 36 heavy (non-hydrogen) atoms. The van der Waals surface area contributed by atoms with Crippen molar-refractivity contribution in [1.82, 2.24) is 10.6 Å². The van der Waals surface area contributed by atoms with Crippen LogP contribution in [0.3, 0.4) is 0 Å². The molecular formula is C25H39FN2O8. The van der Waals surface area contributed by atoms with Crippen LogP contribution in [0, 0.1) is 0 Å². The Bertz CT molecular complexity index is 914. The summed E-state index contributed by atoms with van der Waals surface area (Å²) < 4.78 is 41.6. The summed E-state index contributed by atoms with van der Waals surface area (Å²) in [6.07, 6.45) is -3.81. The predicted octanol–water partition coefficient (Wildman–Crippen LogP) is 3.68. The zero-order valence-electron chi connectivity index (χ0n) is 22.8. The van der Waals surface area contributed by atoms with Crippen LogP contribution in [0.1, 0.15) is 60.5 Å². The molecule has 0 unspecified atom stereocenters. The maximum absolute atomic E-state index is 15.2. The second-order valence-electron chi connectivity index (χ2n) is 10.4. The van der Waals surface area contributed by atoms with Gasteiger partial charge < -0.3 is 34.3 Å². The summed E-state index contributed by atoms with van der Waals surface area (Å²) in [5.41, 5.74) is -3.20. The number of rotatable bonds is 10. The molecule has 204 valence electrons. The smallest absolute Gasteiger partial charge is 0.408 e. The summed E-state index contributed by atoms with van der Waals surface area (Å²) in [5, 5.41) is 4.85. The summed E-state index contributed by atoms with van der Waals surface area (Å²) in [6.45, 7) is 11.0. The van der Waals surface area contributed by atoms with Crippen LogP contribution in [-0.2, 0) is 25.6 Å². The van der Waals surface area contributed by atoms with E-state index in [0.717, 1.165) is 0 Å². The second kappa shape index (κ2) is 12.1. The van der Waals surface area contributed by atoms with E-state index in [9.17, 15) is 14.4 Å². The van der Waals surface area contributed by atoms with Gasteiger partial charge in [0.2, 0.25) is 0 Å². The first-order valence-electron chi connectivity index (χ1n) is 11.4. The SMILES string of the molecule is COc1cc(OC)c(CNC(=O)[C@@H](F)C[C@](C)(NC(=O)OC(C)(C)C)C(=O)OC(C)(C)C)c(OC)c1. The third kappa shape index (κ3) is 9.43. The van der Waals surface area contributed by atoms with Crippen molar-refractivity contribution < 1.29 is 42.5 Å². The molecule has 1 aromatic rings. The summed E-state index contributed by atoms with van der Waals surface area (Å²) in [4.78, 5) is 38.0. The second-order valence-corrected chi connectivity index (χ2v) is 10.4. The van der Waals surface area contributed by atoms with E-state index in [0.29, 0.717) is 22.8 Å². The highest BCUT2D eigenvalue weighted by Gasteiger charge is 2.43. The molecule has 2 N–H and O–H groups in total. The molecule has 0 heterocycles. The predicted molar refractivity (Wildman–Crippen MR) is 131 cm³/mol. The molecule has 2 amide bonds. The van der Waals surface area contributed by atoms with Gasteiger partial charge in [0.15, 0.2) is 6.17 Å². The van der Waals surface area contributed by atoms with Crippen molar-refractivity contribution >= 4 is 18.0 Å². The van der Waals surface area contributed by atoms with Gasteiger partial charge in [0.05, 0.1) is 33.4 Å². The van der Waals surface area contributed by atoms with Crippen LogP contribution in [0.15, 0.2) is 12.1 Å². The standard InChI is InChI=1S/C25H39FN2O8/c1-23(2,3)35-21(30)25(7,28-22(31)36-24(4,5)6)13-17(26)20(29)27-14-16-18(33-9)11-15(32-8)12-19(16)34-10/h11-12,17H,13-14H2,1-10H3,(H,27,29)(H,28,31)/t17-,25-/m0/s1. The number of amides is 2. The number of ether oxygens (including phenoxy) is 5. The Morgan fingerprint density at radius 2 is 1.36 bits per heavy atom. The van der Waals surface area contributed by atoms with Gasteiger partial charge >= 0.3 is 12.1 Å². The molecule has 1 aromatic carbocycles. The number of alkyl carbamates (subject to hydrolysis) is 1. The van der Waals surface area contributed by atoms with Crippen molar-refractivity contribution in [3.63, 3.8) is 0 Å². The fraction of sp³-hybridized carbons (Fsp3) is 0.640. The topological polar surface area (TPSA) is 121 Å². The van der Waals surface area contributed by atoms with Crippen molar-refractivity contribution in [3.8, 4) is 17.2 Å². The summed E-state index contributed by atoms with van der Waals surface area (Å²) in [5.74, 6) is -0.701. The molecule has 0 aliphatic heterocycles. The molecule has 0 aromatic heterocycles. The largest absolute Gasteiger partial charge is 0.496 e. The third-order valence-corrected chi connectivity index (χ3v) is 4.75. The summed E-state index contributed by atoms with van der Waals surface area (Å²) in [7, 11) is 4.36. The highest BCUT2D eigenvalue weighted by atomic mass is 19.1. The van der Waals surface area contributed by atoms with Gasteiger partial charge in [-0.2, -0.15) is 0 Å². The van der Waals surface area contributed by atoms with Crippen LogP contribution >= 0.6 is 0 Å². The number of hydrogen-bond donors (Lipinski definition) is 2. The normalized spacial score (nSPS) is 14.1. The summed E-state index contributed by atoms with van der Waals surface area (Å²) >= 11 is 0. The minimum absolute atomic E-state index is 0.127. The van der Waals surface area contributed by atoms with Gasteiger partial charge in [0, 0.05) is 18.6 Å². The zero-order chi connectivity index (χ0) is 27.9. The van der Waals surface area contributed by atoms with E-state index in [1.54, 1.807) is 53.7 Å². The third-order valence-electron chi connectivity index (χ3n) is 4.75. The molecule has 0 radical (unpaired) electrons. The van der Waals surface area contributed by atoms with E-state index in [2.05, 4.69) is 10.6 Å². The van der Waals surface area contributed by atoms with Crippen LogP contribution in [0.4, 0.5) is 9.18 Å².